The quantitative estimate of drug-likeness (QED) is 0.326. The molecule has 36 heavy (non-hydrogen) atoms. The summed E-state index contributed by atoms with van der Waals surface area (Å²) in [7, 11) is 1.55. The Bertz CT molecular complexity index is 1550. The third-order valence-electron chi connectivity index (χ3n) is 6.13. The van der Waals surface area contributed by atoms with Gasteiger partial charge in [-0.15, -0.1) is 0 Å². The molecule has 7 heteroatoms. The van der Waals surface area contributed by atoms with E-state index in [1.54, 1.807) is 31.4 Å². The first-order chi connectivity index (χ1) is 17.4. The Morgan fingerprint density at radius 1 is 1.08 bits per heavy atom. The van der Waals surface area contributed by atoms with Crippen molar-refractivity contribution in [2.45, 2.75) is 19.9 Å². The van der Waals surface area contributed by atoms with Crippen LogP contribution >= 0.6 is 11.3 Å². The molecule has 1 unspecified atom stereocenters. The van der Waals surface area contributed by atoms with Crippen molar-refractivity contribution in [1.29, 1.82) is 0 Å². The summed E-state index contributed by atoms with van der Waals surface area (Å²) in [5, 5.41) is 11.4. The molecule has 180 valence electrons. The number of thiazole rings is 1. The molecule has 0 aliphatic carbocycles. The first kappa shape index (κ1) is 23.5. The number of aliphatic hydroxyl groups excluding tert-OH is 1. The monoisotopic (exact) mass is 496 g/mol. The highest BCUT2D eigenvalue weighted by atomic mass is 32.1. The third-order valence-corrected chi connectivity index (χ3v) is 7.14. The van der Waals surface area contributed by atoms with Gasteiger partial charge in [-0.05, 0) is 60.4 Å². The predicted octanol–water partition coefficient (Wildman–Crippen LogP) is 6.10. The van der Waals surface area contributed by atoms with E-state index in [0.717, 1.165) is 26.9 Å². The van der Waals surface area contributed by atoms with Crippen LogP contribution in [0.2, 0.25) is 0 Å². The maximum atomic E-state index is 13.4. The van der Waals surface area contributed by atoms with E-state index >= 15 is 0 Å². The van der Waals surface area contributed by atoms with Crippen molar-refractivity contribution in [1.82, 2.24) is 4.98 Å². The van der Waals surface area contributed by atoms with Crippen LogP contribution in [0.1, 0.15) is 28.3 Å². The SMILES string of the molecule is COc1cccc(C2C(C(=O)/C=C/c3ccccc3)=C(O)C(=O)N2c2nc3c(C)cc(C)cc3s2)c1. The van der Waals surface area contributed by atoms with Gasteiger partial charge in [0.2, 0.25) is 0 Å². The summed E-state index contributed by atoms with van der Waals surface area (Å²) in [5.74, 6) is -1.10. The molecule has 0 saturated heterocycles. The number of ether oxygens (including phenoxy) is 1. The number of allylic oxidation sites excluding steroid dienone is 1. The zero-order chi connectivity index (χ0) is 25.4. The fraction of sp³-hybridized carbons (Fsp3) is 0.138. The van der Waals surface area contributed by atoms with Crippen LogP contribution < -0.4 is 9.64 Å². The summed E-state index contributed by atoms with van der Waals surface area (Å²) in [6, 6.07) is 19.7. The molecule has 1 amide bonds. The Labute approximate surface area is 212 Å². The molecule has 1 aliphatic heterocycles. The number of hydrogen-bond acceptors (Lipinski definition) is 6. The van der Waals surface area contributed by atoms with E-state index in [1.165, 1.54) is 22.3 Å². The van der Waals surface area contributed by atoms with E-state index < -0.39 is 23.5 Å². The molecule has 1 atom stereocenters. The lowest BCUT2D eigenvalue weighted by atomic mass is 9.95. The smallest absolute Gasteiger partial charge is 0.296 e. The highest BCUT2D eigenvalue weighted by Gasteiger charge is 2.45. The predicted molar refractivity (Wildman–Crippen MR) is 142 cm³/mol. The van der Waals surface area contributed by atoms with Crippen LogP contribution in [0.3, 0.4) is 0 Å². The van der Waals surface area contributed by atoms with Crippen LogP contribution in [0.25, 0.3) is 16.3 Å². The average molecular weight is 497 g/mol. The standard InChI is InChI=1S/C29H24N2O4S/c1-17-14-18(2)25-23(15-17)36-29(30-25)31-26(20-10-7-11-21(16-20)35-3)24(27(33)28(31)34)22(32)13-12-19-8-5-4-6-9-19/h4-16,26,33H,1-3H3/b13-12+. The molecule has 5 rings (SSSR count). The molecule has 1 aromatic heterocycles. The summed E-state index contributed by atoms with van der Waals surface area (Å²) < 4.78 is 6.33. The number of amides is 1. The number of methoxy groups -OCH3 is 1. The van der Waals surface area contributed by atoms with Gasteiger partial charge in [-0.2, -0.15) is 0 Å². The van der Waals surface area contributed by atoms with Crippen molar-refractivity contribution in [2.24, 2.45) is 0 Å². The van der Waals surface area contributed by atoms with Crippen molar-refractivity contribution in [3.05, 3.63) is 106 Å². The summed E-state index contributed by atoms with van der Waals surface area (Å²) in [4.78, 5) is 33.0. The Morgan fingerprint density at radius 2 is 1.86 bits per heavy atom. The summed E-state index contributed by atoms with van der Waals surface area (Å²) in [6.07, 6.45) is 3.05. The average Bonchev–Trinajstić information content (AvgIpc) is 3.42. The number of benzene rings is 3. The van der Waals surface area contributed by atoms with E-state index in [-0.39, 0.29) is 5.57 Å². The van der Waals surface area contributed by atoms with Crippen LogP contribution in [0.4, 0.5) is 5.13 Å². The number of carbonyl (C=O) groups is 2. The van der Waals surface area contributed by atoms with E-state index in [9.17, 15) is 14.7 Å². The van der Waals surface area contributed by atoms with Crippen molar-refractivity contribution in [3.63, 3.8) is 0 Å². The number of anilines is 1. The highest BCUT2D eigenvalue weighted by Crippen LogP contribution is 2.44. The summed E-state index contributed by atoms with van der Waals surface area (Å²) in [6.45, 7) is 3.98. The van der Waals surface area contributed by atoms with Gasteiger partial charge in [-0.1, -0.05) is 65.9 Å². The minimum absolute atomic E-state index is 0.00703. The maximum Gasteiger partial charge on any atom is 0.296 e. The molecule has 0 fully saturated rings. The number of ketones is 1. The number of hydrogen-bond donors (Lipinski definition) is 1. The topological polar surface area (TPSA) is 79.7 Å². The zero-order valence-electron chi connectivity index (χ0n) is 20.1. The van der Waals surface area contributed by atoms with Gasteiger partial charge in [0.1, 0.15) is 5.75 Å². The van der Waals surface area contributed by atoms with E-state index in [2.05, 4.69) is 0 Å². The molecular weight excluding hydrogens is 472 g/mol. The van der Waals surface area contributed by atoms with Gasteiger partial charge < -0.3 is 9.84 Å². The Hall–Kier alpha value is -4.23. The van der Waals surface area contributed by atoms with Gasteiger partial charge in [0.05, 0.1) is 28.9 Å². The molecule has 4 aromatic rings. The fourth-order valence-electron chi connectivity index (χ4n) is 4.47. The lowest BCUT2D eigenvalue weighted by Crippen LogP contribution is -2.30. The molecule has 0 saturated carbocycles. The summed E-state index contributed by atoms with van der Waals surface area (Å²) in [5.41, 5.74) is 4.36. The second-order valence-electron chi connectivity index (χ2n) is 8.65. The van der Waals surface area contributed by atoms with E-state index in [0.29, 0.717) is 16.4 Å². The van der Waals surface area contributed by atoms with E-state index in [1.807, 2.05) is 62.4 Å². The maximum absolute atomic E-state index is 13.4. The third kappa shape index (κ3) is 4.18. The van der Waals surface area contributed by atoms with Gasteiger partial charge in [0.25, 0.3) is 5.91 Å². The number of aryl methyl sites for hydroxylation is 2. The number of fused-ring (bicyclic) bond motifs is 1. The van der Waals surface area contributed by atoms with Gasteiger partial charge in [-0.3, -0.25) is 14.5 Å². The number of nitrogens with zero attached hydrogens (tertiary/aromatic N) is 2. The molecule has 0 spiro atoms. The second kappa shape index (κ2) is 9.43. The zero-order valence-corrected chi connectivity index (χ0v) is 20.9. The number of aliphatic hydroxyl groups is 1. The van der Waals surface area contributed by atoms with Gasteiger partial charge in [0.15, 0.2) is 16.7 Å². The lowest BCUT2D eigenvalue weighted by Gasteiger charge is -2.24. The van der Waals surface area contributed by atoms with Crippen molar-refractivity contribution in [2.75, 3.05) is 12.0 Å². The number of carbonyl (C=O) groups excluding carboxylic acids is 2. The van der Waals surface area contributed by atoms with Crippen LogP contribution in [0.5, 0.6) is 5.75 Å². The van der Waals surface area contributed by atoms with Gasteiger partial charge >= 0.3 is 0 Å². The highest BCUT2D eigenvalue weighted by molar-refractivity contribution is 7.22. The molecule has 0 bridgehead atoms. The van der Waals surface area contributed by atoms with Crippen LogP contribution in [0, 0.1) is 13.8 Å². The normalized spacial score (nSPS) is 15.9. The largest absolute Gasteiger partial charge is 0.503 e. The Morgan fingerprint density at radius 3 is 2.61 bits per heavy atom. The summed E-state index contributed by atoms with van der Waals surface area (Å²) >= 11 is 1.36. The van der Waals surface area contributed by atoms with Crippen LogP contribution in [0.15, 0.2) is 84.1 Å². The molecule has 0 radical (unpaired) electrons. The molecule has 6 nitrogen and oxygen atoms in total. The first-order valence-corrected chi connectivity index (χ1v) is 12.2. The Balaban J connectivity index is 1.63. The van der Waals surface area contributed by atoms with Gasteiger partial charge in [-0.25, -0.2) is 4.98 Å². The van der Waals surface area contributed by atoms with Crippen molar-refractivity contribution in [3.8, 4) is 5.75 Å². The number of rotatable bonds is 6. The number of aromatic nitrogens is 1. The molecular formula is C29H24N2O4S. The molecule has 3 aromatic carbocycles. The molecule has 1 N–H and O–H groups in total. The Kier molecular flexibility index (Phi) is 6.16. The minimum Gasteiger partial charge on any atom is -0.503 e. The molecule has 1 aliphatic rings. The minimum atomic E-state index is -0.859. The van der Waals surface area contributed by atoms with Crippen molar-refractivity contribution >= 4 is 44.5 Å². The van der Waals surface area contributed by atoms with Crippen LogP contribution in [-0.2, 0) is 9.59 Å². The van der Waals surface area contributed by atoms with Gasteiger partial charge in [0, 0.05) is 0 Å². The van der Waals surface area contributed by atoms with E-state index in [4.69, 9.17) is 9.72 Å². The lowest BCUT2D eigenvalue weighted by molar-refractivity contribution is -0.117. The van der Waals surface area contributed by atoms with Crippen LogP contribution in [-0.4, -0.2) is 28.9 Å². The molecule has 2 heterocycles. The first-order valence-electron chi connectivity index (χ1n) is 11.4. The fourth-order valence-corrected chi connectivity index (χ4v) is 5.64. The second-order valence-corrected chi connectivity index (χ2v) is 9.66. The van der Waals surface area contributed by atoms with Crippen molar-refractivity contribution < 1.29 is 19.4 Å².